The molecule has 2 aromatic heterocycles. The van der Waals surface area contributed by atoms with Gasteiger partial charge in [-0.3, -0.25) is 4.57 Å². The van der Waals surface area contributed by atoms with Gasteiger partial charge in [0.15, 0.2) is 5.16 Å². The van der Waals surface area contributed by atoms with Gasteiger partial charge in [-0.15, -0.1) is 10.2 Å². The molecule has 0 bridgehead atoms. The molecule has 8 heteroatoms. The number of thioether (sulfide) groups is 1. The molecule has 0 saturated heterocycles. The SMILES string of the molecule is CCn1c(Cc2ccccc2)nnc1SCc1nc2ccccc2n1C(F)F. The molecule has 0 spiro atoms. The second-order valence-corrected chi connectivity index (χ2v) is 7.20. The van der Waals surface area contributed by atoms with Crippen LogP contribution in [-0.2, 0) is 18.7 Å². The molecular formula is C20H19F2N5S. The number of hydrogen-bond donors (Lipinski definition) is 0. The van der Waals surface area contributed by atoms with E-state index in [1.807, 2.05) is 41.8 Å². The van der Waals surface area contributed by atoms with Gasteiger partial charge in [0.25, 0.3) is 0 Å². The molecule has 0 N–H and O–H groups in total. The maximum atomic E-state index is 13.6. The highest BCUT2D eigenvalue weighted by Crippen LogP contribution is 2.28. The van der Waals surface area contributed by atoms with Gasteiger partial charge in [0.05, 0.1) is 16.8 Å². The fourth-order valence-corrected chi connectivity index (χ4v) is 4.15. The minimum Gasteiger partial charge on any atom is -0.306 e. The van der Waals surface area contributed by atoms with Crippen LogP contribution < -0.4 is 0 Å². The lowest BCUT2D eigenvalue weighted by Gasteiger charge is -2.09. The topological polar surface area (TPSA) is 48.5 Å². The second-order valence-electron chi connectivity index (χ2n) is 6.26. The minimum atomic E-state index is -2.64. The Hall–Kier alpha value is -2.74. The normalized spacial score (nSPS) is 11.6. The van der Waals surface area contributed by atoms with Crippen LogP contribution in [0.3, 0.4) is 0 Å². The number of fused-ring (bicyclic) bond motifs is 1. The molecule has 144 valence electrons. The van der Waals surface area contributed by atoms with Crippen LogP contribution in [-0.4, -0.2) is 24.3 Å². The Labute approximate surface area is 165 Å². The molecule has 0 unspecified atom stereocenters. The molecule has 2 heterocycles. The number of aromatic nitrogens is 5. The number of rotatable bonds is 7. The van der Waals surface area contributed by atoms with Crippen LogP contribution in [0, 0.1) is 0 Å². The van der Waals surface area contributed by atoms with Gasteiger partial charge in [0.1, 0.15) is 11.6 Å². The van der Waals surface area contributed by atoms with Gasteiger partial charge in [-0.25, -0.2) is 4.98 Å². The Morgan fingerprint density at radius 2 is 1.71 bits per heavy atom. The molecule has 28 heavy (non-hydrogen) atoms. The summed E-state index contributed by atoms with van der Waals surface area (Å²) in [4.78, 5) is 4.38. The van der Waals surface area contributed by atoms with Gasteiger partial charge in [-0.05, 0) is 24.6 Å². The zero-order valence-electron chi connectivity index (χ0n) is 15.3. The smallest absolute Gasteiger partial charge is 0.306 e. The largest absolute Gasteiger partial charge is 0.320 e. The molecule has 0 fully saturated rings. The number of halogens is 2. The van der Waals surface area contributed by atoms with Crippen molar-refractivity contribution in [2.24, 2.45) is 0 Å². The first-order valence-corrected chi connectivity index (χ1v) is 9.98. The van der Waals surface area contributed by atoms with Crippen LogP contribution in [0.5, 0.6) is 0 Å². The van der Waals surface area contributed by atoms with Crippen LogP contribution in [0.4, 0.5) is 8.78 Å². The average molecular weight is 399 g/mol. The first kappa shape index (κ1) is 18.6. The highest BCUT2D eigenvalue weighted by Gasteiger charge is 2.19. The van der Waals surface area contributed by atoms with Gasteiger partial charge in [-0.1, -0.05) is 54.2 Å². The van der Waals surface area contributed by atoms with Crippen LogP contribution in [0.15, 0.2) is 59.8 Å². The van der Waals surface area contributed by atoms with Crippen molar-refractivity contribution in [3.63, 3.8) is 0 Å². The number of alkyl halides is 2. The van der Waals surface area contributed by atoms with E-state index < -0.39 is 6.55 Å². The maximum Gasteiger partial charge on any atom is 0.320 e. The van der Waals surface area contributed by atoms with Crippen molar-refractivity contribution in [2.45, 2.75) is 37.3 Å². The van der Waals surface area contributed by atoms with Crippen LogP contribution in [0.1, 0.15) is 30.7 Å². The van der Waals surface area contributed by atoms with E-state index in [2.05, 4.69) is 15.2 Å². The number of imidazole rings is 1. The third kappa shape index (κ3) is 3.64. The number of nitrogens with zero attached hydrogens (tertiary/aromatic N) is 5. The molecular weight excluding hydrogens is 380 g/mol. The van der Waals surface area contributed by atoms with Crippen molar-refractivity contribution in [1.82, 2.24) is 24.3 Å². The number of hydrogen-bond acceptors (Lipinski definition) is 4. The van der Waals surface area contributed by atoms with Crippen molar-refractivity contribution in [2.75, 3.05) is 0 Å². The first-order chi connectivity index (χ1) is 13.7. The second kappa shape index (κ2) is 8.10. The summed E-state index contributed by atoms with van der Waals surface area (Å²) in [7, 11) is 0. The van der Waals surface area contributed by atoms with Gasteiger partial charge in [-0.2, -0.15) is 8.78 Å². The van der Waals surface area contributed by atoms with E-state index >= 15 is 0 Å². The summed E-state index contributed by atoms with van der Waals surface area (Å²) in [6, 6.07) is 17.0. The average Bonchev–Trinajstić information content (AvgIpc) is 3.27. The minimum absolute atomic E-state index is 0.294. The molecule has 0 aliphatic heterocycles. The molecule has 0 aliphatic rings. The Bertz CT molecular complexity index is 1070. The third-order valence-electron chi connectivity index (χ3n) is 4.51. The van der Waals surface area contributed by atoms with E-state index in [0.29, 0.717) is 40.7 Å². The molecule has 0 aliphatic carbocycles. The molecule has 0 amide bonds. The molecule has 0 radical (unpaired) electrons. The first-order valence-electron chi connectivity index (χ1n) is 9.00. The predicted octanol–water partition coefficient (Wildman–Crippen LogP) is 4.93. The zero-order chi connectivity index (χ0) is 19.5. The Morgan fingerprint density at radius 1 is 0.964 bits per heavy atom. The molecule has 0 atom stereocenters. The molecule has 0 saturated carbocycles. The van der Waals surface area contributed by atoms with Crippen molar-refractivity contribution < 1.29 is 8.78 Å². The summed E-state index contributed by atoms with van der Waals surface area (Å²) < 4.78 is 30.2. The summed E-state index contributed by atoms with van der Waals surface area (Å²) in [5.74, 6) is 1.48. The summed E-state index contributed by atoms with van der Waals surface area (Å²) in [5.41, 5.74) is 2.16. The van der Waals surface area contributed by atoms with E-state index in [9.17, 15) is 8.78 Å². The standard InChI is InChI=1S/C20H19F2N5S/c1-2-26-17(12-14-8-4-3-5-9-14)24-25-20(26)28-13-18-23-15-10-6-7-11-16(15)27(18)19(21)22/h3-11,19H,2,12-13H2,1H3. The number of para-hydroxylation sites is 2. The fourth-order valence-electron chi connectivity index (χ4n) is 3.20. The Kier molecular flexibility index (Phi) is 5.38. The molecule has 5 nitrogen and oxygen atoms in total. The highest BCUT2D eigenvalue weighted by molar-refractivity contribution is 7.98. The zero-order valence-corrected chi connectivity index (χ0v) is 16.1. The van der Waals surface area contributed by atoms with E-state index in [1.54, 1.807) is 24.3 Å². The van der Waals surface area contributed by atoms with Crippen molar-refractivity contribution in [3.05, 3.63) is 71.8 Å². The van der Waals surface area contributed by atoms with E-state index in [0.717, 1.165) is 16.0 Å². The van der Waals surface area contributed by atoms with Crippen molar-refractivity contribution in [1.29, 1.82) is 0 Å². The van der Waals surface area contributed by atoms with Gasteiger partial charge in [0, 0.05) is 13.0 Å². The van der Waals surface area contributed by atoms with Crippen molar-refractivity contribution in [3.8, 4) is 0 Å². The Morgan fingerprint density at radius 3 is 2.46 bits per heavy atom. The van der Waals surface area contributed by atoms with Gasteiger partial charge in [0.2, 0.25) is 0 Å². The van der Waals surface area contributed by atoms with Crippen LogP contribution in [0.25, 0.3) is 11.0 Å². The molecule has 4 rings (SSSR count). The van der Waals surface area contributed by atoms with E-state index in [1.165, 1.54) is 11.8 Å². The summed E-state index contributed by atoms with van der Waals surface area (Å²) in [5, 5.41) is 9.30. The van der Waals surface area contributed by atoms with E-state index in [4.69, 9.17) is 0 Å². The lowest BCUT2D eigenvalue weighted by atomic mass is 10.1. The van der Waals surface area contributed by atoms with E-state index in [-0.39, 0.29) is 0 Å². The summed E-state index contributed by atoms with van der Waals surface area (Å²) >= 11 is 1.38. The summed E-state index contributed by atoms with van der Waals surface area (Å²) in [6.45, 7) is 0.0969. The maximum absolute atomic E-state index is 13.6. The Balaban J connectivity index is 1.57. The van der Waals surface area contributed by atoms with Crippen molar-refractivity contribution >= 4 is 22.8 Å². The monoisotopic (exact) mass is 399 g/mol. The van der Waals surface area contributed by atoms with Gasteiger partial charge >= 0.3 is 6.55 Å². The number of benzene rings is 2. The molecule has 2 aromatic carbocycles. The quantitative estimate of drug-likeness (QED) is 0.414. The van der Waals surface area contributed by atoms with Gasteiger partial charge < -0.3 is 4.57 Å². The summed E-state index contributed by atoms with van der Waals surface area (Å²) in [6.07, 6.45) is 0.678. The fraction of sp³-hybridized carbons (Fsp3) is 0.250. The molecule has 4 aromatic rings. The predicted molar refractivity (Wildman–Crippen MR) is 105 cm³/mol. The third-order valence-corrected chi connectivity index (χ3v) is 5.47. The lowest BCUT2D eigenvalue weighted by molar-refractivity contribution is 0.0722. The van der Waals surface area contributed by atoms with Crippen LogP contribution in [0.2, 0.25) is 0 Å². The lowest BCUT2D eigenvalue weighted by Crippen LogP contribution is -2.06. The van der Waals surface area contributed by atoms with Crippen LogP contribution >= 0.6 is 11.8 Å². The highest BCUT2D eigenvalue weighted by atomic mass is 32.2.